The molecule has 0 saturated carbocycles. The van der Waals surface area contributed by atoms with Crippen LogP contribution < -0.4 is 10.1 Å². The Balaban J connectivity index is 1.73. The summed E-state index contributed by atoms with van der Waals surface area (Å²) < 4.78 is 8.10. The number of ether oxygens (including phenoxy) is 1. The van der Waals surface area contributed by atoms with E-state index in [1.54, 1.807) is 6.33 Å². The SMILES string of the molecule is CC1NCc2ncnc(Oc3ccc4c(ccn4C)c3)c21. The lowest BCUT2D eigenvalue weighted by molar-refractivity contribution is 0.450. The third kappa shape index (κ3) is 1.97. The Labute approximate surface area is 122 Å². The predicted molar refractivity (Wildman–Crippen MR) is 80.3 cm³/mol. The molecule has 1 unspecified atom stereocenters. The Morgan fingerprint density at radius 2 is 2.19 bits per heavy atom. The minimum absolute atomic E-state index is 0.219. The summed E-state index contributed by atoms with van der Waals surface area (Å²) in [6.07, 6.45) is 3.61. The molecule has 5 nitrogen and oxygen atoms in total. The molecule has 0 bridgehead atoms. The molecule has 1 N–H and O–H groups in total. The monoisotopic (exact) mass is 280 g/mol. The predicted octanol–water partition coefficient (Wildman–Crippen LogP) is 2.92. The number of aromatic nitrogens is 3. The Hall–Kier alpha value is -2.40. The molecule has 1 aliphatic rings. The van der Waals surface area contributed by atoms with Crippen molar-refractivity contribution in [2.45, 2.75) is 19.5 Å². The van der Waals surface area contributed by atoms with E-state index in [0.29, 0.717) is 5.88 Å². The number of fused-ring (bicyclic) bond motifs is 2. The highest BCUT2D eigenvalue weighted by Crippen LogP contribution is 2.33. The summed E-state index contributed by atoms with van der Waals surface area (Å²) in [6.45, 7) is 2.87. The van der Waals surface area contributed by atoms with E-state index in [4.69, 9.17) is 4.74 Å². The molecule has 3 heterocycles. The molecule has 0 spiro atoms. The average molecular weight is 280 g/mol. The molecule has 4 rings (SSSR count). The molecule has 106 valence electrons. The third-order valence-electron chi connectivity index (χ3n) is 4.01. The lowest BCUT2D eigenvalue weighted by Gasteiger charge is -2.11. The fraction of sp³-hybridized carbons (Fsp3) is 0.250. The molecule has 3 aromatic rings. The van der Waals surface area contributed by atoms with Gasteiger partial charge in [0.1, 0.15) is 12.1 Å². The molecular formula is C16H16N4O. The van der Waals surface area contributed by atoms with Crippen molar-refractivity contribution in [3.05, 3.63) is 48.0 Å². The summed E-state index contributed by atoms with van der Waals surface area (Å²) in [4.78, 5) is 8.61. The lowest BCUT2D eigenvalue weighted by Crippen LogP contribution is -2.08. The van der Waals surface area contributed by atoms with Gasteiger partial charge in [-0.15, -0.1) is 0 Å². The fourth-order valence-electron chi connectivity index (χ4n) is 2.86. The topological polar surface area (TPSA) is 52.0 Å². The molecule has 0 radical (unpaired) electrons. The lowest BCUT2D eigenvalue weighted by atomic mass is 10.1. The summed E-state index contributed by atoms with van der Waals surface area (Å²) in [5.41, 5.74) is 3.27. The van der Waals surface area contributed by atoms with Crippen molar-refractivity contribution in [1.29, 1.82) is 0 Å². The van der Waals surface area contributed by atoms with Gasteiger partial charge in [0.05, 0.1) is 11.3 Å². The minimum atomic E-state index is 0.219. The van der Waals surface area contributed by atoms with Crippen molar-refractivity contribution in [2.24, 2.45) is 7.05 Å². The zero-order valence-corrected chi connectivity index (χ0v) is 12.0. The van der Waals surface area contributed by atoms with Gasteiger partial charge < -0.3 is 14.6 Å². The second-order valence-electron chi connectivity index (χ2n) is 5.39. The maximum absolute atomic E-state index is 6.01. The zero-order chi connectivity index (χ0) is 14.4. The summed E-state index contributed by atoms with van der Waals surface area (Å²) in [6, 6.07) is 8.38. The molecular weight excluding hydrogens is 264 g/mol. The number of hydrogen-bond donors (Lipinski definition) is 1. The normalized spacial score (nSPS) is 17.1. The quantitative estimate of drug-likeness (QED) is 0.784. The summed E-state index contributed by atoms with van der Waals surface area (Å²) >= 11 is 0. The van der Waals surface area contributed by atoms with E-state index in [-0.39, 0.29) is 6.04 Å². The smallest absolute Gasteiger partial charge is 0.227 e. The first kappa shape index (κ1) is 12.3. The number of hydrogen-bond acceptors (Lipinski definition) is 4. The standard InChI is InChI=1S/C16H16N4O/c1-10-15-13(8-17-10)18-9-19-16(15)21-12-3-4-14-11(7-12)5-6-20(14)2/h3-7,9-10,17H,8H2,1-2H3. The molecule has 5 heteroatoms. The average Bonchev–Trinajstić information content (AvgIpc) is 3.04. The molecule has 0 aliphatic carbocycles. The van der Waals surface area contributed by atoms with Crippen LogP contribution in [0.4, 0.5) is 0 Å². The van der Waals surface area contributed by atoms with Crippen LogP contribution in [-0.2, 0) is 13.6 Å². The van der Waals surface area contributed by atoms with Gasteiger partial charge in [0.2, 0.25) is 5.88 Å². The van der Waals surface area contributed by atoms with Crippen LogP contribution in [0.5, 0.6) is 11.6 Å². The van der Waals surface area contributed by atoms with Crippen LogP contribution in [-0.4, -0.2) is 14.5 Å². The first-order valence-corrected chi connectivity index (χ1v) is 7.02. The van der Waals surface area contributed by atoms with Gasteiger partial charge >= 0.3 is 0 Å². The Bertz CT molecular complexity index is 824. The van der Waals surface area contributed by atoms with E-state index < -0.39 is 0 Å². The molecule has 0 fully saturated rings. The number of benzene rings is 1. The van der Waals surface area contributed by atoms with Crippen LogP contribution in [0.2, 0.25) is 0 Å². The highest BCUT2D eigenvalue weighted by Gasteiger charge is 2.24. The fourth-order valence-corrected chi connectivity index (χ4v) is 2.86. The van der Waals surface area contributed by atoms with Crippen molar-refractivity contribution < 1.29 is 4.74 Å². The van der Waals surface area contributed by atoms with Crippen LogP contribution in [0.25, 0.3) is 10.9 Å². The molecule has 1 atom stereocenters. The van der Waals surface area contributed by atoms with Gasteiger partial charge in [-0.3, -0.25) is 0 Å². The molecule has 0 saturated heterocycles. The van der Waals surface area contributed by atoms with Crippen LogP contribution in [0.1, 0.15) is 24.2 Å². The molecule has 0 amide bonds. The zero-order valence-electron chi connectivity index (χ0n) is 12.0. The van der Waals surface area contributed by atoms with Gasteiger partial charge in [0, 0.05) is 36.7 Å². The van der Waals surface area contributed by atoms with Crippen molar-refractivity contribution >= 4 is 10.9 Å². The first-order valence-electron chi connectivity index (χ1n) is 7.02. The van der Waals surface area contributed by atoms with Crippen molar-refractivity contribution in [3.8, 4) is 11.6 Å². The van der Waals surface area contributed by atoms with Crippen LogP contribution in [0.3, 0.4) is 0 Å². The highest BCUT2D eigenvalue weighted by molar-refractivity contribution is 5.81. The molecule has 21 heavy (non-hydrogen) atoms. The summed E-state index contributed by atoms with van der Waals surface area (Å²) in [5, 5.41) is 4.52. The van der Waals surface area contributed by atoms with Gasteiger partial charge in [-0.05, 0) is 31.2 Å². The van der Waals surface area contributed by atoms with E-state index in [0.717, 1.165) is 28.9 Å². The van der Waals surface area contributed by atoms with E-state index in [1.807, 2.05) is 25.4 Å². The summed E-state index contributed by atoms with van der Waals surface area (Å²) in [7, 11) is 2.04. The minimum Gasteiger partial charge on any atom is -0.439 e. The third-order valence-corrected chi connectivity index (χ3v) is 4.01. The summed E-state index contributed by atoms with van der Waals surface area (Å²) in [5.74, 6) is 1.45. The molecule has 1 aromatic carbocycles. The maximum Gasteiger partial charge on any atom is 0.227 e. The molecule has 1 aliphatic heterocycles. The Morgan fingerprint density at radius 1 is 1.29 bits per heavy atom. The second kappa shape index (κ2) is 4.56. The van der Waals surface area contributed by atoms with Gasteiger partial charge in [0.25, 0.3) is 0 Å². The van der Waals surface area contributed by atoms with E-state index in [9.17, 15) is 0 Å². The highest BCUT2D eigenvalue weighted by atomic mass is 16.5. The second-order valence-corrected chi connectivity index (χ2v) is 5.39. The van der Waals surface area contributed by atoms with E-state index in [2.05, 4.69) is 38.9 Å². The van der Waals surface area contributed by atoms with Gasteiger partial charge in [-0.25, -0.2) is 9.97 Å². The van der Waals surface area contributed by atoms with Gasteiger partial charge in [0.15, 0.2) is 0 Å². The number of rotatable bonds is 2. The Morgan fingerprint density at radius 3 is 3.10 bits per heavy atom. The van der Waals surface area contributed by atoms with Crippen molar-refractivity contribution in [1.82, 2.24) is 19.9 Å². The van der Waals surface area contributed by atoms with E-state index in [1.165, 1.54) is 5.52 Å². The Kier molecular flexibility index (Phi) is 2.68. The number of nitrogens with zero attached hydrogens (tertiary/aromatic N) is 3. The van der Waals surface area contributed by atoms with Crippen LogP contribution in [0, 0.1) is 0 Å². The van der Waals surface area contributed by atoms with Crippen LogP contribution in [0.15, 0.2) is 36.8 Å². The van der Waals surface area contributed by atoms with E-state index >= 15 is 0 Å². The van der Waals surface area contributed by atoms with Crippen molar-refractivity contribution in [3.63, 3.8) is 0 Å². The van der Waals surface area contributed by atoms with Gasteiger partial charge in [-0.1, -0.05) is 0 Å². The largest absolute Gasteiger partial charge is 0.439 e. The van der Waals surface area contributed by atoms with Gasteiger partial charge in [-0.2, -0.15) is 0 Å². The van der Waals surface area contributed by atoms with Crippen LogP contribution >= 0.6 is 0 Å². The maximum atomic E-state index is 6.01. The number of nitrogens with one attached hydrogen (secondary N) is 1. The molecule has 2 aromatic heterocycles. The first-order chi connectivity index (χ1) is 10.2. The van der Waals surface area contributed by atoms with Crippen molar-refractivity contribution in [2.75, 3.05) is 0 Å². The number of aryl methyl sites for hydroxylation is 1.